The van der Waals surface area contributed by atoms with Crippen LogP contribution in [0.4, 0.5) is 0 Å². The van der Waals surface area contributed by atoms with Crippen molar-refractivity contribution < 1.29 is 9.47 Å². The number of hydrogen-bond donors (Lipinski definition) is 0. The molecule has 2 heteroatoms. The van der Waals surface area contributed by atoms with Gasteiger partial charge in [-0.3, -0.25) is 0 Å². The maximum atomic E-state index is 5.74. The fourth-order valence-corrected chi connectivity index (χ4v) is 1.69. The van der Waals surface area contributed by atoms with Crippen molar-refractivity contribution >= 4 is 0 Å². The van der Waals surface area contributed by atoms with E-state index in [-0.39, 0.29) is 0 Å². The Bertz CT molecular complexity index is 492. The van der Waals surface area contributed by atoms with Crippen LogP contribution in [0.15, 0.2) is 48.5 Å². The fraction of sp³-hybridized carbons (Fsp3) is 0.294. The summed E-state index contributed by atoms with van der Waals surface area (Å²) in [6.45, 7) is 6.57. The maximum absolute atomic E-state index is 5.74. The average molecular weight is 258 g/mol. The van der Waals surface area contributed by atoms with Crippen LogP contribution in [-0.4, -0.2) is 7.11 Å². The van der Waals surface area contributed by atoms with Crippen molar-refractivity contribution in [2.75, 3.05) is 7.11 Å². The van der Waals surface area contributed by atoms with E-state index in [0.29, 0.717) is 6.61 Å². The van der Waals surface area contributed by atoms with E-state index < -0.39 is 0 Å². The van der Waals surface area contributed by atoms with Gasteiger partial charge in [0.1, 0.15) is 18.1 Å². The summed E-state index contributed by atoms with van der Waals surface area (Å²) in [7, 11) is 1.67. The van der Waals surface area contributed by atoms with Gasteiger partial charge in [-0.2, -0.15) is 0 Å². The van der Waals surface area contributed by atoms with Crippen molar-refractivity contribution in [1.82, 2.24) is 0 Å². The Balaban J connectivity index is 0.000000861. The first kappa shape index (κ1) is 15.1. The van der Waals surface area contributed by atoms with Gasteiger partial charge in [0.15, 0.2) is 0 Å². The summed E-state index contributed by atoms with van der Waals surface area (Å²) in [6.07, 6.45) is 0. The van der Waals surface area contributed by atoms with Crippen LogP contribution in [0.3, 0.4) is 0 Å². The second-order valence-electron chi connectivity index (χ2n) is 3.92. The maximum Gasteiger partial charge on any atom is 0.125 e. The molecule has 0 fully saturated rings. The Morgan fingerprint density at radius 2 is 1.68 bits per heavy atom. The van der Waals surface area contributed by atoms with Gasteiger partial charge in [0.05, 0.1) is 7.11 Å². The minimum absolute atomic E-state index is 0.521. The minimum atomic E-state index is 0.521. The van der Waals surface area contributed by atoms with Crippen molar-refractivity contribution in [3.63, 3.8) is 0 Å². The van der Waals surface area contributed by atoms with Gasteiger partial charge in [0, 0.05) is 5.56 Å². The van der Waals surface area contributed by atoms with Crippen molar-refractivity contribution in [1.29, 1.82) is 0 Å². The number of benzene rings is 2. The molecular formula is C17H22O2. The van der Waals surface area contributed by atoms with Gasteiger partial charge < -0.3 is 9.47 Å². The molecule has 0 spiro atoms. The third-order valence-electron chi connectivity index (χ3n) is 2.58. The summed E-state index contributed by atoms with van der Waals surface area (Å²) in [5.41, 5.74) is 2.25. The third kappa shape index (κ3) is 4.66. The molecule has 0 aliphatic rings. The van der Waals surface area contributed by atoms with E-state index in [9.17, 15) is 0 Å². The molecule has 102 valence electrons. The van der Waals surface area contributed by atoms with Gasteiger partial charge in [-0.05, 0) is 30.7 Å². The average Bonchev–Trinajstić information content (AvgIpc) is 2.47. The van der Waals surface area contributed by atoms with E-state index in [1.807, 2.05) is 56.3 Å². The van der Waals surface area contributed by atoms with Crippen LogP contribution in [0, 0.1) is 6.92 Å². The van der Waals surface area contributed by atoms with Crippen molar-refractivity contribution in [2.45, 2.75) is 27.4 Å². The van der Waals surface area contributed by atoms with Gasteiger partial charge >= 0.3 is 0 Å². The van der Waals surface area contributed by atoms with Crippen molar-refractivity contribution in [3.05, 3.63) is 59.7 Å². The summed E-state index contributed by atoms with van der Waals surface area (Å²) < 4.78 is 11.0. The van der Waals surface area contributed by atoms with Crippen LogP contribution in [0.1, 0.15) is 25.0 Å². The summed E-state index contributed by atoms with van der Waals surface area (Å²) in [5.74, 6) is 1.75. The fourth-order valence-electron chi connectivity index (χ4n) is 1.69. The lowest BCUT2D eigenvalue weighted by Crippen LogP contribution is -1.98. The molecule has 2 nitrogen and oxygen atoms in total. The molecule has 0 bridgehead atoms. The highest BCUT2D eigenvalue weighted by Gasteiger charge is 2.02. The van der Waals surface area contributed by atoms with Crippen LogP contribution in [0.5, 0.6) is 11.5 Å². The normalized spacial score (nSPS) is 9.26. The Morgan fingerprint density at radius 1 is 0.947 bits per heavy atom. The Labute approximate surface area is 116 Å². The molecule has 0 atom stereocenters. The molecule has 0 amide bonds. The molecule has 2 aromatic rings. The predicted octanol–water partition coefficient (Wildman–Crippen LogP) is 4.61. The SMILES string of the molecule is CC.COc1ccccc1COc1cccc(C)c1. The van der Waals surface area contributed by atoms with Crippen LogP contribution in [0.25, 0.3) is 0 Å². The summed E-state index contributed by atoms with van der Waals surface area (Å²) in [6, 6.07) is 15.9. The Morgan fingerprint density at radius 3 is 2.37 bits per heavy atom. The largest absolute Gasteiger partial charge is 0.496 e. The first-order valence-electron chi connectivity index (χ1n) is 6.61. The molecule has 0 aromatic heterocycles. The predicted molar refractivity (Wildman–Crippen MR) is 79.9 cm³/mol. The van der Waals surface area contributed by atoms with Crippen LogP contribution in [-0.2, 0) is 6.61 Å². The molecule has 2 rings (SSSR count). The standard InChI is InChI=1S/C15H16O2.C2H6/c1-12-6-5-8-14(10-12)17-11-13-7-3-4-9-15(13)16-2;1-2/h3-10H,11H2,1-2H3;1-2H3. The van der Waals surface area contributed by atoms with Crippen LogP contribution >= 0.6 is 0 Å². The van der Waals surface area contributed by atoms with Crippen molar-refractivity contribution in [2.24, 2.45) is 0 Å². The highest BCUT2D eigenvalue weighted by Crippen LogP contribution is 2.20. The Hall–Kier alpha value is -1.96. The molecule has 0 heterocycles. The Kier molecular flexibility index (Phi) is 6.51. The van der Waals surface area contributed by atoms with E-state index in [0.717, 1.165) is 17.1 Å². The zero-order valence-electron chi connectivity index (χ0n) is 12.1. The number of methoxy groups -OCH3 is 1. The molecule has 19 heavy (non-hydrogen) atoms. The van der Waals surface area contributed by atoms with E-state index in [2.05, 4.69) is 13.0 Å². The lowest BCUT2D eigenvalue weighted by Gasteiger charge is -2.10. The number of hydrogen-bond acceptors (Lipinski definition) is 2. The molecule has 0 saturated carbocycles. The molecular weight excluding hydrogens is 236 g/mol. The second-order valence-corrected chi connectivity index (χ2v) is 3.92. The third-order valence-corrected chi connectivity index (χ3v) is 2.58. The summed E-state index contributed by atoms with van der Waals surface area (Å²) >= 11 is 0. The van der Waals surface area contributed by atoms with Gasteiger partial charge in [-0.15, -0.1) is 0 Å². The van der Waals surface area contributed by atoms with Gasteiger partial charge in [0.2, 0.25) is 0 Å². The summed E-state index contributed by atoms with van der Waals surface area (Å²) in [4.78, 5) is 0. The number of ether oxygens (including phenoxy) is 2. The van der Waals surface area contributed by atoms with Crippen LogP contribution < -0.4 is 9.47 Å². The highest BCUT2D eigenvalue weighted by atomic mass is 16.5. The number of para-hydroxylation sites is 1. The zero-order chi connectivity index (χ0) is 14.1. The molecule has 2 aromatic carbocycles. The topological polar surface area (TPSA) is 18.5 Å². The second kappa shape index (κ2) is 8.20. The van der Waals surface area contributed by atoms with E-state index in [4.69, 9.17) is 9.47 Å². The van der Waals surface area contributed by atoms with Crippen LogP contribution in [0.2, 0.25) is 0 Å². The van der Waals surface area contributed by atoms with Gasteiger partial charge in [-0.25, -0.2) is 0 Å². The smallest absolute Gasteiger partial charge is 0.125 e. The first-order chi connectivity index (χ1) is 9.29. The molecule has 0 radical (unpaired) electrons. The summed E-state index contributed by atoms with van der Waals surface area (Å²) in [5, 5.41) is 0. The number of aryl methyl sites for hydroxylation is 1. The lowest BCUT2D eigenvalue weighted by molar-refractivity contribution is 0.296. The zero-order valence-corrected chi connectivity index (χ0v) is 12.1. The molecule has 0 N–H and O–H groups in total. The first-order valence-corrected chi connectivity index (χ1v) is 6.61. The van der Waals surface area contributed by atoms with E-state index in [1.54, 1.807) is 7.11 Å². The molecule has 0 aliphatic carbocycles. The quantitative estimate of drug-likeness (QED) is 0.797. The lowest BCUT2D eigenvalue weighted by atomic mass is 10.2. The van der Waals surface area contributed by atoms with Crippen molar-refractivity contribution in [3.8, 4) is 11.5 Å². The molecule has 0 saturated heterocycles. The van der Waals surface area contributed by atoms with E-state index in [1.165, 1.54) is 5.56 Å². The van der Waals surface area contributed by atoms with Gasteiger partial charge in [-0.1, -0.05) is 44.2 Å². The van der Waals surface area contributed by atoms with E-state index >= 15 is 0 Å². The van der Waals surface area contributed by atoms with Gasteiger partial charge in [0.25, 0.3) is 0 Å². The highest BCUT2D eigenvalue weighted by molar-refractivity contribution is 5.34. The number of rotatable bonds is 4. The molecule has 0 unspecified atom stereocenters. The molecule has 0 aliphatic heterocycles. The monoisotopic (exact) mass is 258 g/mol. The minimum Gasteiger partial charge on any atom is -0.496 e.